The largest absolute Gasteiger partial charge is 0.508 e. The Kier molecular flexibility index (Phi) is 5.85. The van der Waals surface area contributed by atoms with Gasteiger partial charge in [0.05, 0.1) is 0 Å². The van der Waals surface area contributed by atoms with E-state index >= 15 is 0 Å². The zero-order valence-electron chi connectivity index (χ0n) is 15.0. The molecule has 0 spiro atoms. The molecule has 1 fully saturated rings. The van der Waals surface area contributed by atoms with Crippen molar-refractivity contribution in [1.82, 2.24) is 0 Å². The van der Waals surface area contributed by atoms with Gasteiger partial charge in [-0.15, -0.1) is 0 Å². The maximum atomic E-state index is 11.1. The highest BCUT2D eigenvalue weighted by atomic mass is 16.7. The number of phenols is 1. The number of carboxylic acid groups (broad SMARTS) is 1. The lowest BCUT2D eigenvalue weighted by Crippen LogP contribution is -2.61. The summed E-state index contributed by atoms with van der Waals surface area (Å²) in [7, 11) is 0. The third-order valence-corrected chi connectivity index (χ3v) is 4.84. The summed E-state index contributed by atoms with van der Waals surface area (Å²) in [5, 5.41) is 48.0. The number of aliphatic carboxylic acids is 1. The van der Waals surface area contributed by atoms with E-state index in [4.69, 9.17) is 14.6 Å². The molecule has 5 N–H and O–H groups in total. The molecule has 8 heteroatoms. The van der Waals surface area contributed by atoms with Crippen molar-refractivity contribution in [2.45, 2.75) is 43.5 Å². The maximum absolute atomic E-state index is 11.1. The molecule has 0 aliphatic carbocycles. The first kappa shape index (κ1) is 20.1. The predicted molar refractivity (Wildman–Crippen MR) is 97.0 cm³/mol. The summed E-state index contributed by atoms with van der Waals surface area (Å²) in [6.07, 6.45) is -8.24. The Hall–Kier alpha value is -2.65. The molecule has 28 heavy (non-hydrogen) atoms. The molecule has 150 valence electrons. The lowest BCUT2D eigenvalue weighted by Gasteiger charge is -2.38. The van der Waals surface area contributed by atoms with Gasteiger partial charge >= 0.3 is 5.97 Å². The highest BCUT2D eigenvalue weighted by Gasteiger charge is 2.48. The van der Waals surface area contributed by atoms with E-state index in [-0.39, 0.29) is 11.7 Å². The lowest BCUT2D eigenvalue weighted by molar-refractivity contribution is -0.271. The maximum Gasteiger partial charge on any atom is 0.335 e. The van der Waals surface area contributed by atoms with Gasteiger partial charge in [0.1, 0.15) is 29.8 Å². The van der Waals surface area contributed by atoms with Gasteiger partial charge in [0.25, 0.3) is 0 Å². The van der Waals surface area contributed by atoms with E-state index < -0.39 is 36.7 Å². The number of aliphatic hydroxyl groups is 3. The van der Waals surface area contributed by atoms with Crippen molar-refractivity contribution < 1.29 is 39.8 Å². The second kappa shape index (κ2) is 8.15. The molecule has 1 heterocycles. The van der Waals surface area contributed by atoms with Crippen LogP contribution in [0, 0.1) is 0 Å². The van der Waals surface area contributed by atoms with Crippen LogP contribution in [-0.2, 0) is 9.53 Å². The Morgan fingerprint density at radius 2 is 1.46 bits per heavy atom. The first-order chi connectivity index (χ1) is 13.3. The summed E-state index contributed by atoms with van der Waals surface area (Å²) in [6.45, 7) is 2.01. The number of carboxylic acids is 1. The monoisotopic (exact) mass is 390 g/mol. The first-order valence-electron chi connectivity index (χ1n) is 8.76. The van der Waals surface area contributed by atoms with E-state index in [9.17, 15) is 25.2 Å². The Labute approximate surface area is 161 Å². The second-order valence-electron chi connectivity index (χ2n) is 6.74. The highest BCUT2D eigenvalue weighted by Crippen LogP contribution is 2.29. The van der Waals surface area contributed by atoms with Gasteiger partial charge in [0.15, 0.2) is 6.10 Å². The van der Waals surface area contributed by atoms with E-state index in [0.717, 1.165) is 11.1 Å². The van der Waals surface area contributed by atoms with Crippen molar-refractivity contribution in [2.24, 2.45) is 0 Å². The Balaban J connectivity index is 1.71. The molecule has 2 aromatic carbocycles. The van der Waals surface area contributed by atoms with Gasteiger partial charge in [-0.1, -0.05) is 31.2 Å². The molecule has 1 aliphatic rings. The topological polar surface area (TPSA) is 137 Å². The van der Waals surface area contributed by atoms with Crippen molar-refractivity contribution >= 4 is 5.97 Å². The molecule has 0 amide bonds. The van der Waals surface area contributed by atoms with Crippen LogP contribution in [0.3, 0.4) is 0 Å². The summed E-state index contributed by atoms with van der Waals surface area (Å²) in [4.78, 5) is 11.1. The predicted octanol–water partition coefficient (Wildman–Crippen LogP) is 0.815. The molecule has 8 nitrogen and oxygen atoms in total. The molecule has 1 saturated heterocycles. The van der Waals surface area contributed by atoms with Gasteiger partial charge in [0, 0.05) is 5.92 Å². The number of rotatable bonds is 5. The van der Waals surface area contributed by atoms with Crippen LogP contribution in [0.4, 0.5) is 0 Å². The van der Waals surface area contributed by atoms with Crippen LogP contribution in [0.5, 0.6) is 11.5 Å². The number of aromatic hydroxyl groups is 1. The number of aliphatic hydroxyl groups excluding tert-OH is 3. The molecule has 0 aromatic heterocycles. The third-order valence-electron chi connectivity index (χ3n) is 4.84. The van der Waals surface area contributed by atoms with Crippen molar-refractivity contribution in [1.29, 1.82) is 0 Å². The fourth-order valence-corrected chi connectivity index (χ4v) is 3.07. The molecule has 6 atom stereocenters. The summed E-state index contributed by atoms with van der Waals surface area (Å²) < 4.78 is 10.6. The third kappa shape index (κ3) is 4.10. The van der Waals surface area contributed by atoms with Gasteiger partial charge in [0.2, 0.25) is 6.29 Å². The molecule has 2 aromatic rings. The average molecular weight is 390 g/mol. The fourth-order valence-electron chi connectivity index (χ4n) is 3.07. The molecule has 0 saturated carbocycles. The van der Waals surface area contributed by atoms with Gasteiger partial charge in [-0.3, -0.25) is 0 Å². The summed E-state index contributed by atoms with van der Waals surface area (Å²) >= 11 is 0. The number of phenolic OH excluding ortho intramolecular Hbond substituents is 1. The minimum Gasteiger partial charge on any atom is -0.508 e. The summed E-state index contributed by atoms with van der Waals surface area (Å²) in [6, 6.07) is 13.8. The van der Waals surface area contributed by atoms with Crippen molar-refractivity contribution in [3.63, 3.8) is 0 Å². The van der Waals surface area contributed by atoms with Crippen LogP contribution >= 0.6 is 0 Å². The molecular formula is C20H22O8. The molecule has 0 bridgehead atoms. The van der Waals surface area contributed by atoms with Crippen LogP contribution in [0.15, 0.2) is 48.5 Å². The fraction of sp³-hybridized carbons (Fsp3) is 0.350. The quantitative estimate of drug-likeness (QED) is 0.506. The van der Waals surface area contributed by atoms with Gasteiger partial charge < -0.3 is 35.0 Å². The van der Waals surface area contributed by atoms with Crippen LogP contribution in [0.2, 0.25) is 0 Å². The number of carbonyl (C=O) groups is 1. The molecule has 3 rings (SSSR count). The number of ether oxygens (including phenoxy) is 2. The van der Waals surface area contributed by atoms with Gasteiger partial charge in [-0.2, -0.15) is 0 Å². The van der Waals surface area contributed by atoms with E-state index in [1.54, 1.807) is 24.3 Å². The summed E-state index contributed by atoms with van der Waals surface area (Å²) in [5.74, 6) is -0.916. The van der Waals surface area contributed by atoms with Crippen LogP contribution in [-0.4, -0.2) is 62.2 Å². The minimum atomic E-state index is -1.76. The van der Waals surface area contributed by atoms with E-state index in [1.165, 1.54) is 0 Å². The number of hydrogen-bond donors (Lipinski definition) is 5. The Morgan fingerprint density at radius 1 is 0.929 bits per heavy atom. The average Bonchev–Trinajstić information content (AvgIpc) is 2.68. The molecule has 1 aliphatic heterocycles. The number of benzene rings is 2. The van der Waals surface area contributed by atoms with Crippen molar-refractivity contribution in [3.05, 3.63) is 59.7 Å². The highest BCUT2D eigenvalue weighted by molar-refractivity contribution is 5.73. The minimum absolute atomic E-state index is 0.0551. The smallest absolute Gasteiger partial charge is 0.335 e. The number of hydrogen-bond acceptors (Lipinski definition) is 7. The first-order valence-corrected chi connectivity index (χ1v) is 8.76. The zero-order valence-corrected chi connectivity index (χ0v) is 15.0. The van der Waals surface area contributed by atoms with Crippen LogP contribution in [0.25, 0.3) is 0 Å². The SMILES string of the molecule is CC(c1ccc(O)cc1)c1ccc(OC2OC(C(=O)O)C(O)C(O)C2O)cc1. The molecule has 0 radical (unpaired) electrons. The summed E-state index contributed by atoms with van der Waals surface area (Å²) in [5.41, 5.74) is 1.99. The standard InChI is InChI=1S/C20H22O8/c1-10(11-2-6-13(21)7-3-11)12-4-8-14(9-5-12)27-20-17(24)15(22)16(23)18(28-20)19(25)26/h2-10,15-18,20-24H,1H3,(H,25,26). The van der Waals surface area contributed by atoms with Crippen molar-refractivity contribution in [3.8, 4) is 11.5 Å². The van der Waals surface area contributed by atoms with E-state index in [0.29, 0.717) is 5.75 Å². The lowest BCUT2D eigenvalue weighted by atomic mass is 9.93. The molecule has 6 unspecified atom stereocenters. The zero-order chi connectivity index (χ0) is 20.4. The van der Waals surface area contributed by atoms with Gasteiger partial charge in [-0.25, -0.2) is 4.79 Å². The van der Waals surface area contributed by atoms with Crippen LogP contribution in [0.1, 0.15) is 24.0 Å². The Bertz CT molecular complexity index is 804. The normalized spacial score (nSPS) is 28.5. The van der Waals surface area contributed by atoms with Crippen LogP contribution < -0.4 is 4.74 Å². The van der Waals surface area contributed by atoms with Crippen molar-refractivity contribution in [2.75, 3.05) is 0 Å². The molecular weight excluding hydrogens is 368 g/mol. The van der Waals surface area contributed by atoms with E-state index in [1.807, 2.05) is 31.2 Å². The van der Waals surface area contributed by atoms with E-state index in [2.05, 4.69) is 0 Å². The Morgan fingerprint density at radius 3 is 2.00 bits per heavy atom. The van der Waals surface area contributed by atoms with Gasteiger partial charge in [-0.05, 0) is 35.4 Å². The second-order valence-corrected chi connectivity index (χ2v) is 6.74.